The Kier molecular flexibility index (Phi) is 3.32. The highest BCUT2D eigenvalue weighted by Gasteiger charge is 2.59. The van der Waals surface area contributed by atoms with Crippen LogP contribution in [0.15, 0.2) is 16.8 Å². The van der Waals surface area contributed by atoms with Gasteiger partial charge in [-0.15, -0.1) is 0 Å². The van der Waals surface area contributed by atoms with Gasteiger partial charge < -0.3 is 4.90 Å². The van der Waals surface area contributed by atoms with Crippen LogP contribution in [0.3, 0.4) is 0 Å². The second-order valence-electron chi connectivity index (χ2n) is 6.54. The van der Waals surface area contributed by atoms with Gasteiger partial charge in [-0.1, -0.05) is 6.92 Å². The Morgan fingerprint density at radius 1 is 1.48 bits per heavy atom. The molecule has 2 aliphatic carbocycles. The smallest absolute Gasteiger partial charge is 0.244 e. The number of thiophene rings is 1. The minimum Gasteiger partial charge on any atom is -0.320 e. The number of nitrogens with zero attached hydrogens (tertiary/aromatic N) is 2. The third-order valence-electron chi connectivity index (χ3n) is 5.10. The fourth-order valence-electron chi connectivity index (χ4n) is 3.48. The van der Waals surface area contributed by atoms with E-state index in [0.29, 0.717) is 5.91 Å². The van der Waals surface area contributed by atoms with Crippen molar-refractivity contribution in [1.29, 1.82) is 0 Å². The van der Waals surface area contributed by atoms with E-state index >= 15 is 0 Å². The zero-order valence-electron chi connectivity index (χ0n) is 12.5. The molecule has 1 aromatic rings. The molecule has 0 bridgehead atoms. The Balaban J connectivity index is 1.48. The van der Waals surface area contributed by atoms with Gasteiger partial charge in [0.1, 0.15) is 11.7 Å². The maximum Gasteiger partial charge on any atom is 0.244 e. The highest BCUT2D eigenvalue weighted by Crippen LogP contribution is 2.46. The molecule has 4 rings (SSSR count). The first kappa shape index (κ1) is 13.7. The lowest BCUT2D eigenvalue weighted by atomic mass is 10.2. The molecular formula is C16H23N3OS. The first-order chi connectivity index (χ1) is 10.2. The van der Waals surface area contributed by atoms with Crippen LogP contribution in [0.5, 0.6) is 0 Å². The molecule has 1 aliphatic heterocycles. The van der Waals surface area contributed by atoms with Crippen LogP contribution in [-0.2, 0) is 4.79 Å². The van der Waals surface area contributed by atoms with Crippen molar-refractivity contribution in [1.82, 2.24) is 15.1 Å². The van der Waals surface area contributed by atoms with E-state index in [0.717, 1.165) is 38.5 Å². The molecule has 1 amide bonds. The van der Waals surface area contributed by atoms with Crippen molar-refractivity contribution in [2.45, 2.75) is 50.4 Å². The Morgan fingerprint density at radius 3 is 2.86 bits per heavy atom. The van der Waals surface area contributed by atoms with Gasteiger partial charge in [-0.25, -0.2) is 0 Å². The third-order valence-corrected chi connectivity index (χ3v) is 5.80. The lowest BCUT2D eigenvalue weighted by molar-refractivity contribution is -0.131. The molecular weight excluding hydrogens is 282 g/mol. The molecule has 1 atom stereocenters. The summed E-state index contributed by atoms with van der Waals surface area (Å²) in [6.45, 7) is 5.17. The topological polar surface area (TPSA) is 35.6 Å². The average molecular weight is 305 g/mol. The van der Waals surface area contributed by atoms with Crippen molar-refractivity contribution in [3.05, 3.63) is 22.4 Å². The van der Waals surface area contributed by atoms with E-state index in [1.807, 2.05) is 0 Å². The molecule has 2 saturated carbocycles. The van der Waals surface area contributed by atoms with E-state index in [9.17, 15) is 4.79 Å². The predicted molar refractivity (Wildman–Crippen MR) is 84.1 cm³/mol. The maximum absolute atomic E-state index is 12.7. The summed E-state index contributed by atoms with van der Waals surface area (Å²) in [7, 11) is 0. The summed E-state index contributed by atoms with van der Waals surface area (Å²) >= 11 is 1.71. The highest BCUT2D eigenvalue weighted by molar-refractivity contribution is 7.07. The standard InChI is InChI=1S/C16H23N3OS/c1-2-18(13-3-4-13)8-9-19-14(12-5-10-21-11-12)17-16(6-7-16)15(19)20/h5,10-11,13-14,17H,2-4,6-9H2,1H3. The fraction of sp³-hybridized carbons (Fsp3) is 0.688. The van der Waals surface area contributed by atoms with Crippen molar-refractivity contribution in [3.8, 4) is 0 Å². The number of amides is 1. The lowest BCUT2D eigenvalue weighted by Gasteiger charge is -2.27. The van der Waals surface area contributed by atoms with Crippen LogP contribution in [0.25, 0.3) is 0 Å². The maximum atomic E-state index is 12.7. The second-order valence-corrected chi connectivity index (χ2v) is 7.32. The molecule has 2 heterocycles. The molecule has 3 aliphatic rings. The average Bonchev–Trinajstić information content (AvgIpc) is 3.39. The van der Waals surface area contributed by atoms with E-state index in [1.165, 1.54) is 18.4 Å². The Bertz CT molecular complexity index is 522. The van der Waals surface area contributed by atoms with Gasteiger partial charge in [-0.3, -0.25) is 15.0 Å². The number of rotatable bonds is 6. The number of carbonyl (C=O) groups is 1. The van der Waals surface area contributed by atoms with Gasteiger partial charge >= 0.3 is 0 Å². The Labute approximate surface area is 130 Å². The largest absolute Gasteiger partial charge is 0.320 e. The number of nitrogens with one attached hydrogen (secondary N) is 1. The Morgan fingerprint density at radius 2 is 2.29 bits per heavy atom. The van der Waals surface area contributed by atoms with E-state index in [1.54, 1.807) is 11.3 Å². The monoisotopic (exact) mass is 305 g/mol. The van der Waals surface area contributed by atoms with Gasteiger partial charge in [0, 0.05) is 19.1 Å². The summed E-state index contributed by atoms with van der Waals surface area (Å²) in [4.78, 5) is 17.3. The molecule has 21 heavy (non-hydrogen) atoms. The molecule has 1 saturated heterocycles. The van der Waals surface area contributed by atoms with Gasteiger partial charge in [0.2, 0.25) is 5.91 Å². The number of likely N-dealkylation sites (N-methyl/N-ethyl adjacent to an activating group) is 1. The third kappa shape index (κ3) is 2.41. The minimum atomic E-state index is -0.219. The molecule has 5 heteroatoms. The molecule has 0 radical (unpaired) electrons. The minimum absolute atomic E-state index is 0.0872. The number of carbonyl (C=O) groups excluding carboxylic acids is 1. The normalized spacial score (nSPS) is 27.0. The SMILES string of the molecule is CCN(CCN1C(=O)C2(CC2)NC1c1ccsc1)C1CC1. The fourth-order valence-corrected chi connectivity index (χ4v) is 4.15. The van der Waals surface area contributed by atoms with Crippen LogP contribution in [0.2, 0.25) is 0 Å². The molecule has 4 nitrogen and oxygen atoms in total. The van der Waals surface area contributed by atoms with Gasteiger partial charge in [-0.2, -0.15) is 11.3 Å². The first-order valence-corrected chi connectivity index (χ1v) is 9.03. The lowest BCUT2D eigenvalue weighted by Crippen LogP contribution is -2.39. The summed E-state index contributed by atoms with van der Waals surface area (Å²) in [5.41, 5.74) is 1.02. The van der Waals surface area contributed by atoms with Crippen molar-refractivity contribution in [2.75, 3.05) is 19.6 Å². The molecule has 1 aromatic heterocycles. The summed E-state index contributed by atoms with van der Waals surface area (Å²) < 4.78 is 0. The van der Waals surface area contributed by atoms with Crippen molar-refractivity contribution >= 4 is 17.2 Å². The van der Waals surface area contributed by atoms with Crippen LogP contribution in [0, 0.1) is 0 Å². The molecule has 114 valence electrons. The van der Waals surface area contributed by atoms with Crippen LogP contribution < -0.4 is 5.32 Å². The van der Waals surface area contributed by atoms with Crippen LogP contribution in [0.1, 0.15) is 44.3 Å². The van der Waals surface area contributed by atoms with Gasteiger partial charge in [0.25, 0.3) is 0 Å². The van der Waals surface area contributed by atoms with E-state index in [2.05, 4.69) is 38.9 Å². The van der Waals surface area contributed by atoms with Crippen molar-refractivity contribution < 1.29 is 4.79 Å². The van der Waals surface area contributed by atoms with Gasteiger partial charge in [0.05, 0.1) is 0 Å². The van der Waals surface area contributed by atoms with Gasteiger partial charge in [0.15, 0.2) is 0 Å². The molecule has 0 aromatic carbocycles. The zero-order valence-corrected chi connectivity index (χ0v) is 13.4. The molecule has 1 unspecified atom stereocenters. The summed E-state index contributed by atoms with van der Waals surface area (Å²) in [6, 6.07) is 2.91. The Hall–Kier alpha value is -0.910. The van der Waals surface area contributed by atoms with Crippen molar-refractivity contribution in [3.63, 3.8) is 0 Å². The second kappa shape index (κ2) is 5.07. The number of hydrogen-bond donors (Lipinski definition) is 1. The van der Waals surface area contributed by atoms with Crippen LogP contribution in [0.4, 0.5) is 0 Å². The zero-order chi connectivity index (χ0) is 14.4. The highest BCUT2D eigenvalue weighted by atomic mass is 32.1. The predicted octanol–water partition coefficient (Wildman–Crippen LogP) is 2.20. The van der Waals surface area contributed by atoms with Gasteiger partial charge in [-0.05, 0) is 54.6 Å². The summed E-state index contributed by atoms with van der Waals surface area (Å²) in [5, 5.41) is 7.86. The van der Waals surface area contributed by atoms with E-state index in [-0.39, 0.29) is 11.7 Å². The van der Waals surface area contributed by atoms with E-state index in [4.69, 9.17) is 0 Å². The molecule has 3 fully saturated rings. The van der Waals surface area contributed by atoms with E-state index < -0.39 is 0 Å². The number of hydrogen-bond acceptors (Lipinski definition) is 4. The quantitative estimate of drug-likeness (QED) is 0.875. The first-order valence-electron chi connectivity index (χ1n) is 8.08. The van der Waals surface area contributed by atoms with Crippen LogP contribution in [-0.4, -0.2) is 46.9 Å². The molecule has 1 N–H and O–H groups in total. The molecule has 1 spiro atoms. The van der Waals surface area contributed by atoms with Crippen LogP contribution >= 0.6 is 11.3 Å². The van der Waals surface area contributed by atoms with Crippen molar-refractivity contribution in [2.24, 2.45) is 0 Å². The summed E-state index contributed by atoms with van der Waals surface area (Å²) in [5.74, 6) is 0.325. The summed E-state index contributed by atoms with van der Waals surface area (Å²) in [6.07, 6.45) is 4.76.